The van der Waals surface area contributed by atoms with E-state index in [-0.39, 0.29) is 22.4 Å². The Labute approximate surface area is 108 Å². The predicted octanol–water partition coefficient (Wildman–Crippen LogP) is 4.15. The molecule has 0 fully saturated rings. The van der Waals surface area contributed by atoms with Crippen molar-refractivity contribution in [2.75, 3.05) is 5.75 Å². The Morgan fingerprint density at radius 2 is 1.29 bits per heavy atom. The van der Waals surface area contributed by atoms with Crippen LogP contribution in [0.3, 0.4) is 0 Å². The lowest BCUT2D eigenvalue weighted by atomic mass is 10.4. The fraction of sp³-hybridized carbons (Fsp3) is 0.846. The molecular weight excluding hydrogens is 248 g/mol. The molecule has 102 valence electrons. The molecule has 0 saturated carbocycles. The molecule has 2 nitrogen and oxygen atoms in total. The quantitative estimate of drug-likeness (QED) is 0.539. The molecule has 0 aromatic heterocycles. The first-order valence-electron chi connectivity index (χ1n) is 6.36. The SMILES string of the molecule is C=C(C)CS(=O)(=O)[Si](C(C)C)(C(C)C)C(C)C. The minimum Gasteiger partial charge on any atom is -0.236 e. The molecule has 0 radical (unpaired) electrons. The van der Waals surface area contributed by atoms with E-state index < -0.39 is 16.5 Å². The first-order valence-corrected chi connectivity index (χ1v) is 11.0. The fourth-order valence-corrected chi connectivity index (χ4v) is 18.5. The summed E-state index contributed by atoms with van der Waals surface area (Å²) in [6, 6.07) is 0. The highest BCUT2D eigenvalue weighted by atomic mass is 32.4. The molecule has 0 unspecified atom stereocenters. The maximum absolute atomic E-state index is 12.8. The van der Waals surface area contributed by atoms with Gasteiger partial charge in [-0.15, -0.1) is 0 Å². The molecule has 0 aliphatic rings. The Kier molecular flexibility index (Phi) is 5.67. The third-order valence-electron chi connectivity index (χ3n) is 3.68. The first kappa shape index (κ1) is 16.9. The van der Waals surface area contributed by atoms with Gasteiger partial charge in [0.15, 0.2) is 0 Å². The van der Waals surface area contributed by atoms with Crippen LogP contribution in [0.5, 0.6) is 0 Å². The van der Waals surface area contributed by atoms with Crippen LogP contribution in [0.25, 0.3) is 0 Å². The summed E-state index contributed by atoms with van der Waals surface area (Å²) in [5.41, 5.74) is 1.48. The van der Waals surface area contributed by atoms with Crippen LogP contribution < -0.4 is 0 Å². The summed E-state index contributed by atoms with van der Waals surface area (Å²) in [6.45, 7) is 18.0. The molecule has 0 heterocycles. The second-order valence-corrected chi connectivity index (χ2v) is 16.7. The first-order chi connectivity index (χ1) is 7.50. The van der Waals surface area contributed by atoms with Crippen molar-refractivity contribution in [1.82, 2.24) is 0 Å². The van der Waals surface area contributed by atoms with Crippen molar-refractivity contribution in [3.63, 3.8) is 0 Å². The molecule has 0 aromatic rings. The van der Waals surface area contributed by atoms with Gasteiger partial charge in [0.05, 0.1) is 5.75 Å². The highest BCUT2D eigenvalue weighted by Crippen LogP contribution is 2.45. The summed E-state index contributed by atoms with van der Waals surface area (Å²) >= 11 is 0. The van der Waals surface area contributed by atoms with E-state index in [9.17, 15) is 8.42 Å². The Morgan fingerprint density at radius 1 is 1.00 bits per heavy atom. The highest BCUT2D eigenvalue weighted by Gasteiger charge is 2.54. The number of hydrogen-bond donors (Lipinski definition) is 0. The lowest BCUT2D eigenvalue weighted by Gasteiger charge is -2.41. The monoisotopic (exact) mass is 276 g/mol. The third kappa shape index (κ3) is 3.02. The minimum atomic E-state index is -3.04. The number of rotatable bonds is 6. The molecule has 0 bridgehead atoms. The zero-order chi connectivity index (χ0) is 14.0. The lowest BCUT2D eigenvalue weighted by molar-refractivity contribution is 0.604. The van der Waals surface area contributed by atoms with E-state index in [1.54, 1.807) is 6.92 Å². The molecule has 0 rings (SSSR count). The highest BCUT2D eigenvalue weighted by molar-refractivity contribution is 8.22. The van der Waals surface area contributed by atoms with Crippen molar-refractivity contribution in [1.29, 1.82) is 0 Å². The van der Waals surface area contributed by atoms with Crippen LogP contribution in [0.1, 0.15) is 48.5 Å². The van der Waals surface area contributed by atoms with Crippen molar-refractivity contribution >= 4 is 16.5 Å². The normalized spacial score (nSPS) is 13.8. The van der Waals surface area contributed by atoms with Crippen LogP contribution >= 0.6 is 0 Å². The van der Waals surface area contributed by atoms with E-state index in [2.05, 4.69) is 48.1 Å². The van der Waals surface area contributed by atoms with Gasteiger partial charge in [0, 0.05) is 0 Å². The van der Waals surface area contributed by atoms with Gasteiger partial charge in [-0.05, 0) is 23.5 Å². The van der Waals surface area contributed by atoms with Crippen LogP contribution in [0.4, 0.5) is 0 Å². The summed E-state index contributed by atoms with van der Waals surface area (Å²) in [6.07, 6.45) is 0. The van der Waals surface area contributed by atoms with E-state index in [0.717, 1.165) is 5.57 Å². The number of hydrogen-bond acceptors (Lipinski definition) is 2. The van der Waals surface area contributed by atoms with Gasteiger partial charge in [0.1, 0.15) is 9.29 Å². The third-order valence-corrected chi connectivity index (χ3v) is 19.0. The molecule has 0 spiro atoms. The van der Waals surface area contributed by atoms with Crippen LogP contribution in [0, 0.1) is 0 Å². The van der Waals surface area contributed by atoms with E-state index in [4.69, 9.17) is 0 Å². The van der Waals surface area contributed by atoms with Gasteiger partial charge in [-0.2, -0.15) is 0 Å². The van der Waals surface area contributed by atoms with E-state index in [1.165, 1.54) is 0 Å². The molecule has 0 aliphatic carbocycles. The maximum Gasteiger partial charge on any atom is 0.203 e. The average molecular weight is 277 g/mol. The second-order valence-electron chi connectivity index (χ2n) is 6.03. The average Bonchev–Trinajstić information content (AvgIpc) is 1.96. The van der Waals surface area contributed by atoms with Crippen molar-refractivity contribution in [3.05, 3.63) is 12.2 Å². The Balaban J connectivity index is 5.86. The van der Waals surface area contributed by atoms with Crippen LogP contribution in [-0.4, -0.2) is 21.4 Å². The molecular formula is C13H28O2SSi. The second kappa shape index (κ2) is 5.70. The van der Waals surface area contributed by atoms with Crippen LogP contribution in [0.15, 0.2) is 12.2 Å². The van der Waals surface area contributed by atoms with Crippen molar-refractivity contribution < 1.29 is 8.42 Å². The summed E-state index contributed by atoms with van der Waals surface area (Å²) in [5, 5.41) is 0. The molecule has 0 saturated heterocycles. The van der Waals surface area contributed by atoms with Crippen molar-refractivity contribution in [3.8, 4) is 0 Å². The fourth-order valence-electron chi connectivity index (χ4n) is 3.53. The smallest absolute Gasteiger partial charge is 0.203 e. The molecule has 0 aromatic carbocycles. The predicted molar refractivity (Wildman–Crippen MR) is 79.6 cm³/mol. The van der Waals surface area contributed by atoms with Gasteiger partial charge in [0.2, 0.25) is 7.22 Å². The van der Waals surface area contributed by atoms with Crippen LogP contribution in [0.2, 0.25) is 16.6 Å². The molecule has 0 atom stereocenters. The maximum atomic E-state index is 12.8. The van der Waals surface area contributed by atoms with Crippen molar-refractivity contribution in [2.24, 2.45) is 0 Å². The van der Waals surface area contributed by atoms with E-state index in [1.807, 2.05) is 0 Å². The molecule has 0 amide bonds. The lowest BCUT2D eigenvalue weighted by Crippen LogP contribution is -2.53. The summed E-state index contributed by atoms with van der Waals surface area (Å²) in [5.74, 6) is 0.160. The van der Waals surface area contributed by atoms with Gasteiger partial charge in [0.25, 0.3) is 0 Å². The molecule has 0 aliphatic heterocycles. The van der Waals surface area contributed by atoms with Crippen molar-refractivity contribution in [2.45, 2.75) is 65.1 Å². The van der Waals surface area contributed by atoms with E-state index in [0.29, 0.717) is 0 Å². The molecule has 17 heavy (non-hydrogen) atoms. The summed E-state index contributed by atoms with van der Waals surface area (Å²) < 4.78 is 25.6. The summed E-state index contributed by atoms with van der Waals surface area (Å²) in [7, 11) is -5.45. The standard InChI is InChI=1S/C13H28O2SSi/c1-10(2)9-16(14,15)17(11(3)4,12(5)6)13(7)8/h11-13H,1,9H2,2-8H3. The van der Waals surface area contributed by atoms with Gasteiger partial charge in [-0.1, -0.05) is 53.7 Å². The minimum absolute atomic E-state index is 0.160. The topological polar surface area (TPSA) is 34.1 Å². The Morgan fingerprint density at radius 3 is 1.47 bits per heavy atom. The zero-order valence-corrected chi connectivity index (χ0v) is 14.2. The molecule has 4 heteroatoms. The van der Waals surface area contributed by atoms with Crippen LogP contribution in [-0.2, 0) is 9.29 Å². The van der Waals surface area contributed by atoms with Gasteiger partial charge >= 0.3 is 0 Å². The largest absolute Gasteiger partial charge is 0.236 e. The van der Waals surface area contributed by atoms with Gasteiger partial charge in [-0.25, -0.2) is 8.42 Å². The zero-order valence-electron chi connectivity index (χ0n) is 12.4. The molecule has 0 N–H and O–H groups in total. The van der Waals surface area contributed by atoms with Gasteiger partial charge in [-0.3, -0.25) is 0 Å². The Bertz CT molecular complexity index is 345. The van der Waals surface area contributed by atoms with E-state index >= 15 is 0 Å². The Hall–Kier alpha value is -0.0931. The summed E-state index contributed by atoms with van der Waals surface area (Å²) in [4.78, 5) is 0. The van der Waals surface area contributed by atoms with Gasteiger partial charge < -0.3 is 0 Å².